The minimum absolute atomic E-state index is 0.363. The van der Waals surface area contributed by atoms with Crippen molar-refractivity contribution in [1.29, 1.82) is 0 Å². The molecule has 108 valence electrons. The lowest BCUT2D eigenvalue weighted by Crippen LogP contribution is -2.56. The van der Waals surface area contributed by atoms with E-state index in [2.05, 4.69) is 34.1 Å². The van der Waals surface area contributed by atoms with Crippen LogP contribution >= 0.6 is 0 Å². The molecule has 0 aliphatic carbocycles. The lowest BCUT2D eigenvalue weighted by molar-refractivity contribution is 0.0323. The largest absolute Gasteiger partial charge is 0.488 e. The van der Waals surface area contributed by atoms with Gasteiger partial charge in [-0.25, -0.2) is 0 Å². The van der Waals surface area contributed by atoms with Gasteiger partial charge < -0.3 is 4.74 Å². The van der Waals surface area contributed by atoms with Crippen molar-refractivity contribution < 1.29 is 4.74 Å². The molecular formula is C17H24N2O. The first-order chi connectivity index (χ1) is 9.88. The van der Waals surface area contributed by atoms with Crippen LogP contribution in [0.2, 0.25) is 0 Å². The maximum Gasteiger partial charge on any atom is 0.123 e. The number of nitrogens with zero attached hydrogens (tertiary/aromatic N) is 2. The van der Waals surface area contributed by atoms with Crippen LogP contribution in [-0.2, 0) is 6.42 Å². The summed E-state index contributed by atoms with van der Waals surface area (Å²) >= 11 is 0. The van der Waals surface area contributed by atoms with Crippen molar-refractivity contribution >= 4 is 0 Å². The second-order valence-corrected chi connectivity index (χ2v) is 6.50. The molecule has 3 aliphatic heterocycles. The average Bonchev–Trinajstić information content (AvgIpc) is 2.89. The SMILES string of the molecule is c1ccc2c(c1)CC(CN1CCN3CCCCC3C1)O2. The third kappa shape index (κ3) is 2.45. The number of ether oxygens (including phenoxy) is 1. The topological polar surface area (TPSA) is 15.7 Å². The summed E-state index contributed by atoms with van der Waals surface area (Å²) in [6, 6.07) is 9.30. The minimum atomic E-state index is 0.363. The van der Waals surface area contributed by atoms with Crippen LogP contribution in [0.5, 0.6) is 5.75 Å². The van der Waals surface area contributed by atoms with Crippen molar-refractivity contribution in [3.05, 3.63) is 29.8 Å². The maximum absolute atomic E-state index is 6.09. The molecule has 1 aromatic rings. The molecule has 20 heavy (non-hydrogen) atoms. The molecule has 0 N–H and O–H groups in total. The predicted octanol–water partition coefficient (Wildman–Crippen LogP) is 2.16. The number of hydrogen-bond acceptors (Lipinski definition) is 3. The van der Waals surface area contributed by atoms with Crippen molar-refractivity contribution in [2.24, 2.45) is 0 Å². The highest BCUT2D eigenvalue weighted by molar-refractivity contribution is 5.37. The van der Waals surface area contributed by atoms with Gasteiger partial charge in [0, 0.05) is 38.6 Å². The molecule has 0 amide bonds. The normalized spacial score (nSPS) is 30.6. The molecule has 0 spiro atoms. The average molecular weight is 272 g/mol. The first kappa shape index (κ1) is 12.7. The lowest BCUT2D eigenvalue weighted by Gasteiger charge is -2.44. The first-order valence-corrected chi connectivity index (χ1v) is 8.09. The van der Waals surface area contributed by atoms with E-state index in [0.29, 0.717) is 6.10 Å². The van der Waals surface area contributed by atoms with Gasteiger partial charge in [-0.15, -0.1) is 0 Å². The maximum atomic E-state index is 6.09. The molecule has 1 aromatic carbocycles. The van der Waals surface area contributed by atoms with Crippen LogP contribution in [0.1, 0.15) is 24.8 Å². The summed E-state index contributed by atoms with van der Waals surface area (Å²) in [5.74, 6) is 1.11. The van der Waals surface area contributed by atoms with Crippen molar-refractivity contribution in [1.82, 2.24) is 9.80 Å². The van der Waals surface area contributed by atoms with Gasteiger partial charge in [-0.3, -0.25) is 9.80 Å². The highest BCUT2D eigenvalue weighted by Gasteiger charge is 2.31. The number of fused-ring (bicyclic) bond motifs is 2. The third-order valence-corrected chi connectivity index (χ3v) is 5.10. The van der Waals surface area contributed by atoms with Gasteiger partial charge in [-0.2, -0.15) is 0 Å². The van der Waals surface area contributed by atoms with Crippen LogP contribution in [0.4, 0.5) is 0 Å². The van der Waals surface area contributed by atoms with Crippen molar-refractivity contribution in [3.63, 3.8) is 0 Å². The Labute approximate surface area is 121 Å². The fourth-order valence-electron chi connectivity index (χ4n) is 4.03. The van der Waals surface area contributed by atoms with E-state index < -0.39 is 0 Å². The van der Waals surface area contributed by atoms with Crippen LogP contribution in [0.25, 0.3) is 0 Å². The summed E-state index contributed by atoms with van der Waals surface area (Å²) < 4.78 is 6.09. The predicted molar refractivity (Wildman–Crippen MR) is 80.2 cm³/mol. The van der Waals surface area contributed by atoms with E-state index in [4.69, 9.17) is 4.74 Å². The number of para-hydroxylation sites is 1. The molecule has 0 aromatic heterocycles. The van der Waals surface area contributed by atoms with E-state index in [1.807, 2.05) is 0 Å². The van der Waals surface area contributed by atoms with E-state index in [0.717, 1.165) is 24.8 Å². The number of benzene rings is 1. The summed E-state index contributed by atoms with van der Waals surface area (Å²) in [7, 11) is 0. The zero-order valence-corrected chi connectivity index (χ0v) is 12.1. The molecule has 2 atom stereocenters. The number of piperidine rings is 1. The summed E-state index contributed by atoms with van der Waals surface area (Å²) in [6.45, 7) is 6.14. The monoisotopic (exact) mass is 272 g/mol. The van der Waals surface area contributed by atoms with Gasteiger partial charge in [-0.1, -0.05) is 24.6 Å². The summed E-state index contributed by atoms with van der Waals surface area (Å²) in [5, 5.41) is 0. The Kier molecular flexibility index (Phi) is 3.41. The molecular weight excluding hydrogens is 248 g/mol. The van der Waals surface area contributed by atoms with E-state index in [-0.39, 0.29) is 0 Å². The number of hydrogen-bond donors (Lipinski definition) is 0. The Morgan fingerprint density at radius 2 is 2.05 bits per heavy atom. The lowest BCUT2D eigenvalue weighted by atomic mass is 9.99. The van der Waals surface area contributed by atoms with E-state index >= 15 is 0 Å². The summed E-state index contributed by atoms with van der Waals surface area (Å²) in [6.07, 6.45) is 5.66. The van der Waals surface area contributed by atoms with Crippen LogP contribution in [0.15, 0.2) is 24.3 Å². The molecule has 2 fully saturated rings. The molecule has 0 bridgehead atoms. The van der Waals surface area contributed by atoms with Gasteiger partial charge in [0.2, 0.25) is 0 Å². The highest BCUT2D eigenvalue weighted by atomic mass is 16.5. The quantitative estimate of drug-likeness (QED) is 0.820. The zero-order valence-electron chi connectivity index (χ0n) is 12.1. The Balaban J connectivity index is 1.35. The molecule has 3 heteroatoms. The van der Waals surface area contributed by atoms with Gasteiger partial charge in [0.15, 0.2) is 0 Å². The standard InChI is InChI=1S/C17H24N2O/c1-2-7-17-14(5-1)11-16(20-17)13-18-9-10-19-8-4-3-6-15(19)12-18/h1-2,5,7,15-16H,3-4,6,8-13H2. The van der Waals surface area contributed by atoms with Crippen LogP contribution in [0, 0.1) is 0 Å². The van der Waals surface area contributed by atoms with Gasteiger partial charge in [0.1, 0.15) is 11.9 Å². The zero-order chi connectivity index (χ0) is 13.4. The summed E-state index contributed by atoms with van der Waals surface area (Å²) in [4.78, 5) is 5.33. The highest BCUT2D eigenvalue weighted by Crippen LogP contribution is 2.29. The fraction of sp³-hybridized carbons (Fsp3) is 0.647. The van der Waals surface area contributed by atoms with Crippen LogP contribution in [0.3, 0.4) is 0 Å². The van der Waals surface area contributed by atoms with Gasteiger partial charge in [-0.05, 0) is 31.0 Å². The van der Waals surface area contributed by atoms with E-state index in [1.54, 1.807) is 0 Å². The molecule has 2 unspecified atom stereocenters. The third-order valence-electron chi connectivity index (χ3n) is 5.10. The number of rotatable bonds is 2. The molecule has 3 aliphatic rings. The Hall–Kier alpha value is -1.06. The molecule has 0 saturated carbocycles. The van der Waals surface area contributed by atoms with Crippen molar-refractivity contribution in [2.45, 2.75) is 37.8 Å². The van der Waals surface area contributed by atoms with Gasteiger partial charge >= 0.3 is 0 Å². The Bertz CT molecular complexity index is 451. The van der Waals surface area contributed by atoms with Crippen LogP contribution in [-0.4, -0.2) is 54.7 Å². The molecule has 3 nitrogen and oxygen atoms in total. The smallest absolute Gasteiger partial charge is 0.123 e. The van der Waals surface area contributed by atoms with Crippen LogP contribution < -0.4 is 4.74 Å². The second-order valence-electron chi connectivity index (χ2n) is 6.50. The number of piperazine rings is 1. The molecule has 4 rings (SSSR count). The second kappa shape index (κ2) is 5.38. The molecule has 2 saturated heterocycles. The minimum Gasteiger partial charge on any atom is -0.488 e. The Morgan fingerprint density at radius 1 is 1.10 bits per heavy atom. The van der Waals surface area contributed by atoms with Gasteiger partial charge in [0.05, 0.1) is 0 Å². The fourth-order valence-corrected chi connectivity index (χ4v) is 4.03. The van der Waals surface area contributed by atoms with E-state index in [1.165, 1.54) is 51.0 Å². The Morgan fingerprint density at radius 3 is 3.00 bits per heavy atom. The van der Waals surface area contributed by atoms with E-state index in [9.17, 15) is 0 Å². The first-order valence-electron chi connectivity index (χ1n) is 8.09. The summed E-state index contributed by atoms with van der Waals surface area (Å²) in [5.41, 5.74) is 1.38. The molecule has 3 heterocycles. The van der Waals surface area contributed by atoms with Crippen molar-refractivity contribution in [3.8, 4) is 5.75 Å². The van der Waals surface area contributed by atoms with Gasteiger partial charge in [0.25, 0.3) is 0 Å². The molecule has 0 radical (unpaired) electrons. The van der Waals surface area contributed by atoms with Crippen molar-refractivity contribution in [2.75, 3.05) is 32.7 Å².